The van der Waals surface area contributed by atoms with Crippen LogP contribution in [0, 0.1) is 0 Å². The van der Waals surface area contributed by atoms with Crippen molar-refractivity contribution < 1.29 is 9.47 Å². The number of aromatic nitrogens is 1. The van der Waals surface area contributed by atoms with Gasteiger partial charge in [-0.05, 0) is 30.7 Å². The van der Waals surface area contributed by atoms with E-state index in [1.807, 2.05) is 34.9 Å². The Bertz CT molecular complexity index is 737. The maximum Gasteiger partial charge on any atom is 0.255 e. The number of ether oxygens (including phenoxy) is 2. The molecule has 1 aliphatic heterocycles. The zero-order valence-corrected chi connectivity index (χ0v) is 12.7. The number of nitrogens with two attached hydrogens (primary N) is 1. The summed E-state index contributed by atoms with van der Waals surface area (Å²) in [7, 11) is 0. The van der Waals surface area contributed by atoms with Gasteiger partial charge in [-0.15, -0.1) is 0 Å². The van der Waals surface area contributed by atoms with E-state index in [1.54, 1.807) is 0 Å². The van der Waals surface area contributed by atoms with Crippen LogP contribution in [0.25, 0.3) is 11.3 Å². The van der Waals surface area contributed by atoms with Crippen LogP contribution in [0.1, 0.15) is 25.3 Å². The summed E-state index contributed by atoms with van der Waals surface area (Å²) >= 11 is 0. The zero-order chi connectivity index (χ0) is 15.5. The average Bonchev–Trinajstić information content (AvgIpc) is 3.01. The van der Waals surface area contributed by atoms with Gasteiger partial charge in [0.1, 0.15) is 0 Å². The molecule has 116 valence electrons. The molecule has 0 atom stereocenters. The van der Waals surface area contributed by atoms with E-state index in [4.69, 9.17) is 15.2 Å². The maximum atomic E-state index is 12.6. The molecule has 22 heavy (non-hydrogen) atoms. The first-order valence-corrected chi connectivity index (χ1v) is 7.57. The predicted molar refractivity (Wildman–Crippen MR) is 85.1 cm³/mol. The second-order valence-electron chi connectivity index (χ2n) is 5.33. The molecule has 0 bridgehead atoms. The Labute approximate surface area is 129 Å². The molecule has 1 aliphatic rings. The minimum absolute atomic E-state index is 0.00823. The van der Waals surface area contributed by atoms with E-state index in [9.17, 15) is 4.79 Å². The van der Waals surface area contributed by atoms with Crippen LogP contribution in [0.2, 0.25) is 0 Å². The minimum Gasteiger partial charge on any atom is -0.454 e. The summed E-state index contributed by atoms with van der Waals surface area (Å²) in [6.07, 6.45) is 1.98. The van der Waals surface area contributed by atoms with E-state index in [2.05, 4.69) is 6.92 Å². The highest BCUT2D eigenvalue weighted by Crippen LogP contribution is 2.35. The van der Waals surface area contributed by atoms with Crippen LogP contribution in [0.5, 0.6) is 11.5 Å². The van der Waals surface area contributed by atoms with E-state index in [-0.39, 0.29) is 18.9 Å². The van der Waals surface area contributed by atoms with Gasteiger partial charge in [0.05, 0.1) is 5.69 Å². The number of nitrogens with zero attached hydrogens (tertiary/aromatic N) is 1. The van der Waals surface area contributed by atoms with Gasteiger partial charge in [0.2, 0.25) is 6.79 Å². The summed E-state index contributed by atoms with van der Waals surface area (Å²) < 4.78 is 12.6. The van der Waals surface area contributed by atoms with Crippen LogP contribution in [0.3, 0.4) is 0 Å². The average molecular weight is 300 g/mol. The van der Waals surface area contributed by atoms with Crippen LogP contribution in [-0.4, -0.2) is 11.4 Å². The Balaban J connectivity index is 2.09. The molecule has 3 rings (SSSR count). The number of hydrogen-bond donors (Lipinski definition) is 1. The van der Waals surface area contributed by atoms with E-state index in [0.29, 0.717) is 12.1 Å². The first-order valence-electron chi connectivity index (χ1n) is 7.57. The highest BCUT2D eigenvalue weighted by molar-refractivity contribution is 5.65. The smallest absolute Gasteiger partial charge is 0.255 e. The molecule has 0 unspecified atom stereocenters. The van der Waals surface area contributed by atoms with Gasteiger partial charge in [0, 0.05) is 24.2 Å². The molecule has 2 N–H and O–H groups in total. The molecule has 5 heteroatoms. The molecule has 2 heterocycles. The van der Waals surface area contributed by atoms with Crippen LogP contribution in [0.15, 0.2) is 35.1 Å². The van der Waals surface area contributed by atoms with Gasteiger partial charge in [0.25, 0.3) is 5.56 Å². The van der Waals surface area contributed by atoms with Crippen LogP contribution < -0.4 is 20.8 Å². The molecule has 0 amide bonds. The lowest BCUT2D eigenvalue weighted by Gasteiger charge is -2.14. The molecule has 1 aromatic carbocycles. The van der Waals surface area contributed by atoms with Crippen molar-refractivity contribution in [3.05, 3.63) is 46.2 Å². The van der Waals surface area contributed by atoms with Gasteiger partial charge in [-0.3, -0.25) is 4.79 Å². The van der Waals surface area contributed by atoms with Crippen molar-refractivity contribution in [1.29, 1.82) is 0 Å². The standard InChI is InChI=1S/C17H20N2O3/c1-2-3-8-19-14(6-4-13(10-18)17(19)20)12-5-7-15-16(9-12)22-11-21-15/h4-7,9H,2-3,8,10-11,18H2,1H3. The molecule has 1 aromatic heterocycles. The second kappa shape index (κ2) is 6.23. The van der Waals surface area contributed by atoms with Crippen molar-refractivity contribution in [2.24, 2.45) is 5.73 Å². The first kappa shape index (κ1) is 14.7. The lowest BCUT2D eigenvalue weighted by atomic mass is 10.1. The van der Waals surface area contributed by atoms with Crippen molar-refractivity contribution in [1.82, 2.24) is 4.57 Å². The van der Waals surface area contributed by atoms with Crippen molar-refractivity contribution in [3.8, 4) is 22.8 Å². The molecule has 2 aromatic rings. The van der Waals surface area contributed by atoms with Crippen LogP contribution >= 0.6 is 0 Å². The van der Waals surface area contributed by atoms with Gasteiger partial charge >= 0.3 is 0 Å². The first-order chi connectivity index (χ1) is 10.7. The Hall–Kier alpha value is -2.27. The summed E-state index contributed by atoms with van der Waals surface area (Å²) in [6, 6.07) is 9.51. The summed E-state index contributed by atoms with van der Waals surface area (Å²) in [6.45, 7) is 3.30. The third kappa shape index (κ3) is 2.60. The van der Waals surface area contributed by atoms with E-state index >= 15 is 0 Å². The zero-order valence-electron chi connectivity index (χ0n) is 12.7. The van der Waals surface area contributed by atoms with E-state index in [1.165, 1.54) is 0 Å². The Morgan fingerprint density at radius 2 is 2.00 bits per heavy atom. The van der Waals surface area contributed by atoms with Gasteiger partial charge < -0.3 is 19.8 Å². The SMILES string of the molecule is CCCCn1c(-c2ccc3c(c2)OCO3)ccc(CN)c1=O. The summed E-state index contributed by atoms with van der Waals surface area (Å²) in [5.41, 5.74) is 8.12. The molecule has 5 nitrogen and oxygen atoms in total. The molecule has 0 aliphatic carbocycles. The number of benzene rings is 1. The van der Waals surface area contributed by atoms with Crippen molar-refractivity contribution in [3.63, 3.8) is 0 Å². The third-order valence-corrected chi connectivity index (χ3v) is 3.88. The summed E-state index contributed by atoms with van der Waals surface area (Å²) in [5, 5.41) is 0. The molecule has 0 radical (unpaired) electrons. The second-order valence-corrected chi connectivity index (χ2v) is 5.33. The third-order valence-electron chi connectivity index (χ3n) is 3.88. The topological polar surface area (TPSA) is 66.5 Å². The number of rotatable bonds is 5. The fourth-order valence-electron chi connectivity index (χ4n) is 2.63. The predicted octanol–water partition coefficient (Wildman–Crippen LogP) is 2.50. The fourth-order valence-corrected chi connectivity index (χ4v) is 2.63. The Morgan fingerprint density at radius 1 is 1.18 bits per heavy atom. The monoisotopic (exact) mass is 300 g/mol. The maximum absolute atomic E-state index is 12.6. The van der Waals surface area contributed by atoms with Crippen molar-refractivity contribution >= 4 is 0 Å². The van der Waals surface area contributed by atoms with Gasteiger partial charge in [-0.2, -0.15) is 0 Å². The van der Waals surface area contributed by atoms with Gasteiger partial charge in [-0.1, -0.05) is 19.4 Å². The lowest BCUT2D eigenvalue weighted by Crippen LogP contribution is -2.26. The minimum atomic E-state index is -0.00823. The van der Waals surface area contributed by atoms with Gasteiger partial charge in [0.15, 0.2) is 11.5 Å². The highest BCUT2D eigenvalue weighted by Gasteiger charge is 2.16. The molecule has 0 saturated heterocycles. The highest BCUT2D eigenvalue weighted by atomic mass is 16.7. The van der Waals surface area contributed by atoms with Crippen LogP contribution in [0.4, 0.5) is 0 Å². The normalized spacial score (nSPS) is 12.6. The largest absolute Gasteiger partial charge is 0.454 e. The molecular formula is C17H20N2O3. The summed E-state index contributed by atoms with van der Waals surface area (Å²) in [5.74, 6) is 1.46. The van der Waals surface area contributed by atoms with Gasteiger partial charge in [-0.25, -0.2) is 0 Å². The quantitative estimate of drug-likeness (QED) is 0.921. The number of unbranched alkanes of at least 4 members (excludes halogenated alkanes) is 1. The van der Waals surface area contributed by atoms with E-state index in [0.717, 1.165) is 35.6 Å². The summed E-state index contributed by atoms with van der Waals surface area (Å²) in [4.78, 5) is 12.6. The molecule has 0 spiro atoms. The molecular weight excluding hydrogens is 280 g/mol. The number of fused-ring (bicyclic) bond motifs is 1. The number of pyridine rings is 1. The van der Waals surface area contributed by atoms with Crippen LogP contribution in [-0.2, 0) is 13.1 Å². The lowest BCUT2D eigenvalue weighted by molar-refractivity contribution is 0.174. The number of hydrogen-bond acceptors (Lipinski definition) is 4. The molecule has 0 fully saturated rings. The molecule has 0 saturated carbocycles. The Morgan fingerprint density at radius 3 is 2.77 bits per heavy atom. The Kier molecular flexibility index (Phi) is 4.15. The van der Waals surface area contributed by atoms with E-state index < -0.39 is 0 Å². The van der Waals surface area contributed by atoms with Crippen molar-refractivity contribution in [2.45, 2.75) is 32.9 Å². The van der Waals surface area contributed by atoms with Crippen molar-refractivity contribution in [2.75, 3.05) is 6.79 Å². The fraction of sp³-hybridized carbons (Fsp3) is 0.353.